The highest BCUT2D eigenvalue weighted by Gasteiger charge is 2.54. The summed E-state index contributed by atoms with van der Waals surface area (Å²) in [5.74, 6) is 3.82. The van der Waals surface area contributed by atoms with E-state index in [4.69, 9.17) is 4.74 Å². The number of ether oxygens (including phenoxy) is 1. The van der Waals surface area contributed by atoms with Gasteiger partial charge in [0.2, 0.25) is 0 Å². The molecule has 2 fully saturated rings. The van der Waals surface area contributed by atoms with Gasteiger partial charge in [-0.2, -0.15) is 0 Å². The van der Waals surface area contributed by atoms with Crippen molar-refractivity contribution in [1.29, 1.82) is 0 Å². The Morgan fingerprint density at radius 1 is 1.20 bits per heavy atom. The zero-order chi connectivity index (χ0) is 13.9. The normalized spacial score (nSPS) is 29.6. The van der Waals surface area contributed by atoms with Crippen molar-refractivity contribution in [3.63, 3.8) is 0 Å². The lowest BCUT2D eigenvalue weighted by Crippen LogP contribution is -2.23. The standard InChI is InChI=1S/C18H27NO/c1-3-19-18(17-15-10-5-6-11-16(15)17)13-8-7-9-14(12-13)20-4-2/h7-9,12,15-19H,3-6,10-11H2,1-2H3. The van der Waals surface area contributed by atoms with Crippen LogP contribution in [0, 0.1) is 17.8 Å². The van der Waals surface area contributed by atoms with Gasteiger partial charge in [0.05, 0.1) is 6.61 Å². The number of fused-ring (bicyclic) bond motifs is 1. The summed E-state index contributed by atoms with van der Waals surface area (Å²) in [5, 5.41) is 3.73. The van der Waals surface area contributed by atoms with Gasteiger partial charge >= 0.3 is 0 Å². The molecule has 2 nitrogen and oxygen atoms in total. The van der Waals surface area contributed by atoms with Crippen LogP contribution in [0.3, 0.4) is 0 Å². The molecule has 3 atom stereocenters. The Labute approximate surface area is 122 Å². The third-order valence-corrected chi connectivity index (χ3v) is 5.06. The van der Waals surface area contributed by atoms with Crippen LogP contribution in [0.5, 0.6) is 5.75 Å². The molecule has 3 unspecified atom stereocenters. The molecule has 1 aromatic rings. The monoisotopic (exact) mass is 273 g/mol. The van der Waals surface area contributed by atoms with Gasteiger partial charge in [-0.25, -0.2) is 0 Å². The van der Waals surface area contributed by atoms with Crippen LogP contribution in [0.4, 0.5) is 0 Å². The number of rotatable bonds is 6. The average Bonchev–Trinajstić information content (AvgIpc) is 3.19. The van der Waals surface area contributed by atoms with E-state index in [1.165, 1.54) is 31.2 Å². The van der Waals surface area contributed by atoms with Crippen molar-refractivity contribution in [2.75, 3.05) is 13.2 Å². The lowest BCUT2D eigenvalue weighted by Gasteiger charge is -2.20. The minimum Gasteiger partial charge on any atom is -0.494 e. The van der Waals surface area contributed by atoms with Crippen LogP contribution in [0.1, 0.15) is 51.1 Å². The summed E-state index contributed by atoms with van der Waals surface area (Å²) < 4.78 is 5.67. The van der Waals surface area contributed by atoms with Gasteiger partial charge in [0, 0.05) is 6.04 Å². The first-order chi connectivity index (χ1) is 9.85. The Hall–Kier alpha value is -1.02. The maximum atomic E-state index is 5.67. The van der Waals surface area contributed by atoms with Gasteiger partial charge in [-0.15, -0.1) is 0 Å². The van der Waals surface area contributed by atoms with E-state index in [0.717, 1.165) is 36.7 Å². The Kier molecular flexibility index (Phi) is 4.30. The van der Waals surface area contributed by atoms with Crippen LogP contribution in [-0.4, -0.2) is 13.2 Å². The molecular weight excluding hydrogens is 246 g/mol. The van der Waals surface area contributed by atoms with E-state index in [-0.39, 0.29) is 0 Å². The van der Waals surface area contributed by atoms with Crippen LogP contribution in [0.15, 0.2) is 24.3 Å². The summed E-state index contributed by atoms with van der Waals surface area (Å²) in [7, 11) is 0. The Morgan fingerprint density at radius 3 is 2.60 bits per heavy atom. The summed E-state index contributed by atoms with van der Waals surface area (Å²) in [6, 6.07) is 9.22. The maximum Gasteiger partial charge on any atom is 0.119 e. The molecule has 3 rings (SSSR count). The topological polar surface area (TPSA) is 21.3 Å². The molecule has 0 radical (unpaired) electrons. The smallest absolute Gasteiger partial charge is 0.119 e. The number of hydrogen-bond donors (Lipinski definition) is 1. The number of nitrogens with one attached hydrogen (secondary N) is 1. The number of benzene rings is 1. The average molecular weight is 273 g/mol. The van der Waals surface area contributed by atoms with Gasteiger partial charge in [-0.1, -0.05) is 31.9 Å². The third kappa shape index (κ3) is 2.71. The molecule has 0 saturated heterocycles. The SMILES string of the molecule is CCNC(c1cccc(OCC)c1)C1C2CCCCC21. The first-order valence-electron chi connectivity index (χ1n) is 8.31. The number of hydrogen-bond acceptors (Lipinski definition) is 2. The second-order valence-electron chi connectivity index (χ2n) is 6.23. The van der Waals surface area contributed by atoms with E-state index in [2.05, 4.69) is 36.5 Å². The van der Waals surface area contributed by atoms with E-state index in [9.17, 15) is 0 Å². The molecule has 2 heteroatoms. The van der Waals surface area contributed by atoms with Crippen molar-refractivity contribution in [3.05, 3.63) is 29.8 Å². The molecule has 0 spiro atoms. The van der Waals surface area contributed by atoms with E-state index >= 15 is 0 Å². The molecule has 2 aliphatic rings. The Balaban J connectivity index is 1.78. The second kappa shape index (κ2) is 6.17. The third-order valence-electron chi connectivity index (χ3n) is 5.06. The lowest BCUT2D eigenvalue weighted by molar-refractivity contribution is 0.338. The van der Waals surface area contributed by atoms with Gasteiger partial charge in [0.15, 0.2) is 0 Å². The van der Waals surface area contributed by atoms with E-state index < -0.39 is 0 Å². The van der Waals surface area contributed by atoms with E-state index in [0.29, 0.717) is 6.04 Å². The maximum absolute atomic E-state index is 5.67. The predicted molar refractivity (Wildman–Crippen MR) is 83.0 cm³/mol. The zero-order valence-corrected chi connectivity index (χ0v) is 12.8. The van der Waals surface area contributed by atoms with Crippen LogP contribution in [0.25, 0.3) is 0 Å². The summed E-state index contributed by atoms with van der Waals surface area (Å²) in [6.07, 6.45) is 5.77. The highest BCUT2D eigenvalue weighted by atomic mass is 16.5. The van der Waals surface area contributed by atoms with Crippen LogP contribution in [-0.2, 0) is 0 Å². The Bertz CT molecular complexity index is 433. The quantitative estimate of drug-likeness (QED) is 0.840. The molecule has 1 aromatic carbocycles. The molecule has 2 saturated carbocycles. The Morgan fingerprint density at radius 2 is 1.95 bits per heavy atom. The first kappa shape index (κ1) is 13.9. The molecular formula is C18H27NO. The highest BCUT2D eigenvalue weighted by Crippen LogP contribution is 2.60. The molecule has 20 heavy (non-hydrogen) atoms. The molecule has 0 heterocycles. The van der Waals surface area contributed by atoms with E-state index in [1.54, 1.807) is 0 Å². The van der Waals surface area contributed by atoms with Crippen LogP contribution >= 0.6 is 0 Å². The molecule has 2 aliphatic carbocycles. The summed E-state index contributed by atoms with van der Waals surface area (Å²) in [5.41, 5.74) is 1.41. The van der Waals surface area contributed by atoms with Gasteiger partial charge in [-0.3, -0.25) is 0 Å². The van der Waals surface area contributed by atoms with Crippen LogP contribution in [0.2, 0.25) is 0 Å². The molecule has 0 bridgehead atoms. The van der Waals surface area contributed by atoms with Crippen molar-refractivity contribution in [2.24, 2.45) is 17.8 Å². The fraction of sp³-hybridized carbons (Fsp3) is 0.667. The van der Waals surface area contributed by atoms with Gasteiger partial charge in [0.1, 0.15) is 5.75 Å². The summed E-state index contributed by atoms with van der Waals surface area (Å²) in [6.45, 7) is 6.04. The summed E-state index contributed by atoms with van der Waals surface area (Å²) in [4.78, 5) is 0. The van der Waals surface area contributed by atoms with Gasteiger partial charge in [0.25, 0.3) is 0 Å². The molecule has 110 valence electrons. The molecule has 0 aliphatic heterocycles. The van der Waals surface area contributed by atoms with Crippen LogP contribution < -0.4 is 10.1 Å². The largest absolute Gasteiger partial charge is 0.494 e. The van der Waals surface area contributed by atoms with Crippen molar-refractivity contribution < 1.29 is 4.74 Å². The second-order valence-corrected chi connectivity index (χ2v) is 6.23. The first-order valence-corrected chi connectivity index (χ1v) is 8.31. The van der Waals surface area contributed by atoms with Crippen molar-refractivity contribution in [3.8, 4) is 5.75 Å². The van der Waals surface area contributed by atoms with Crippen molar-refractivity contribution in [2.45, 2.75) is 45.6 Å². The minimum atomic E-state index is 0.522. The summed E-state index contributed by atoms with van der Waals surface area (Å²) >= 11 is 0. The van der Waals surface area contributed by atoms with E-state index in [1.807, 2.05) is 6.92 Å². The van der Waals surface area contributed by atoms with Gasteiger partial charge in [-0.05, 0) is 61.8 Å². The fourth-order valence-corrected chi connectivity index (χ4v) is 4.20. The van der Waals surface area contributed by atoms with Crippen molar-refractivity contribution in [1.82, 2.24) is 5.32 Å². The lowest BCUT2D eigenvalue weighted by atomic mass is 9.99. The zero-order valence-electron chi connectivity index (χ0n) is 12.8. The van der Waals surface area contributed by atoms with Gasteiger partial charge < -0.3 is 10.1 Å². The molecule has 0 aromatic heterocycles. The fourth-order valence-electron chi connectivity index (χ4n) is 4.20. The predicted octanol–water partition coefficient (Wildman–Crippen LogP) is 4.17. The van der Waals surface area contributed by atoms with Crippen molar-refractivity contribution >= 4 is 0 Å². The molecule has 0 amide bonds. The highest BCUT2D eigenvalue weighted by molar-refractivity contribution is 5.32. The molecule has 1 N–H and O–H groups in total. The minimum absolute atomic E-state index is 0.522.